The molecule has 5 nitrogen and oxygen atoms in total. The minimum absolute atomic E-state index is 0.0620. The highest BCUT2D eigenvalue weighted by Crippen LogP contribution is 2.40. The third-order valence-electron chi connectivity index (χ3n) is 12.5. The van der Waals surface area contributed by atoms with Gasteiger partial charge in [0.15, 0.2) is 0 Å². The molecule has 3 aromatic heterocycles. The largest absolute Gasteiger partial charge is 0.458 e. The number of hydrogen-bond donors (Lipinski definition) is 0. The van der Waals surface area contributed by atoms with Gasteiger partial charge in [-0.15, -0.1) is 0 Å². The lowest BCUT2D eigenvalue weighted by atomic mass is 9.78. The van der Waals surface area contributed by atoms with Crippen LogP contribution in [0.25, 0.3) is 72.3 Å². The molecule has 0 bridgehead atoms. The van der Waals surface area contributed by atoms with E-state index in [1.165, 1.54) is 29.0 Å². The number of nitrogens with zero attached hydrogens (tertiary/aromatic N) is 4. The first-order chi connectivity index (χ1) is 34.8. The van der Waals surface area contributed by atoms with Crippen LogP contribution in [-0.2, 0) is 16.2 Å². The summed E-state index contributed by atoms with van der Waals surface area (Å²) in [6.45, 7) is 17.7. The van der Waals surface area contributed by atoms with Crippen LogP contribution in [-0.4, -0.2) is 14.1 Å². The molecule has 0 amide bonds. The Hall–Kier alpha value is -7.24. The molecule has 0 aliphatic carbocycles. The zero-order chi connectivity index (χ0) is 53.0. The van der Waals surface area contributed by atoms with Gasteiger partial charge in [-0.3, -0.25) is 13.7 Å². The van der Waals surface area contributed by atoms with E-state index in [-0.39, 0.29) is 38.8 Å². The molecular weight excluding hydrogens is 805 g/mol. The maximum absolute atomic E-state index is 8.63. The molecule has 66 heavy (non-hydrogen) atoms. The van der Waals surface area contributed by atoms with Crippen LogP contribution in [0.15, 0.2) is 170 Å². The first kappa shape index (κ1) is 34.2. The Labute approximate surface area is 400 Å². The number of ether oxygens (including phenoxy) is 1. The van der Waals surface area contributed by atoms with E-state index < -0.39 is 37.1 Å². The summed E-state index contributed by atoms with van der Waals surface area (Å²) in [7, 11) is 0. The van der Waals surface area contributed by atoms with Gasteiger partial charge < -0.3 is 4.74 Å². The summed E-state index contributed by atoms with van der Waals surface area (Å²) in [6.07, 6.45) is 5.10. The molecule has 0 fully saturated rings. The van der Waals surface area contributed by atoms with Gasteiger partial charge in [-0.1, -0.05) is 177 Å². The predicted molar refractivity (Wildman–Crippen MR) is 274 cm³/mol. The summed E-state index contributed by atoms with van der Waals surface area (Å²) in [6, 6.07) is 42.2. The second-order valence-corrected chi connectivity index (χ2v) is 20.2. The number of aromatic nitrogens is 4. The van der Waals surface area contributed by atoms with Crippen LogP contribution >= 0.6 is 0 Å². The smallest absolute Gasteiger partial charge is 0.269 e. The number of pyridine rings is 1. The third kappa shape index (κ3) is 7.76. The van der Waals surface area contributed by atoms with Crippen molar-refractivity contribution in [2.45, 2.75) is 85.4 Å². The Morgan fingerprint density at radius 2 is 1.27 bits per heavy atom. The Kier molecular flexibility index (Phi) is 8.29. The lowest BCUT2D eigenvalue weighted by Crippen LogP contribution is -2.34. The number of hydrogen-bond acceptors (Lipinski definition) is 2. The molecule has 10 aromatic rings. The second-order valence-electron chi connectivity index (χ2n) is 20.2. The van der Waals surface area contributed by atoms with Gasteiger partial charge in [0.05, 0.1) is 40.3 Å². The fourth-order valence-corrected chi connectivity index (χ4v) is 8.92. The van der Waals surface area contributed by atoms with Crippen molar-refractivity contribution in [1.29, 1.82) is 0 Å². The van der Waals surface area contributed by atoms with Crippen molar-refractivity contribution in [2.75, 3.05) is 0 Å². The summed E-state index contributed by atoms with van der Waals surface area (Å²) in [5, 5.41) is 1.78. The zero-order valence-corrected chi connectivity index (χ0v) is 39.0. The van der Waals surface area contributed by atoms with Crippen molar-refractivity contribution < 1.29 is 20.3 Å². The first-order valence-electron chi connectivity index (χ1n) is 26.5. The SMILES string of the molecule is [2H]c1c([2H])c([2H])c(-c2cnc(-n3c4ccccc4c4ccc(Oc5cccc(-n6[c-][n+](-c7c(-c8cc(C(C)(C)C)cc(C(C)(C)C)c8)cccc7C(C)(C)C)c7ccccc76)c5)cc43)cc2C([2H])([2H])[2H])c([2H])c1[2H]. The lowest BCUT2D eigenvalue weighted by molar-refractivity contribution is -0.572. The highest BCUT2D eigenvalue weighted by Gasteiger charge is 2.27. The van der Waals surface area contributed by atoms with E-state index in [4.69, 9.17) is 20.7 Å². The molecule has 0 unspecified atom stereocenters. The molecular formula is C61H58N4O. The van der Waals surface area contributed by atoms with Crippen molar-refractivity contribution in [3.05, 3.63) is 198 Å². The molecule has 0 N–H and O–H groups in total. The molecule has 10 rings (SSSR count). The van der Waals surface area contributed by atoms with E-state index in [2.05, 4.69) is 132 Å². The minimum Gasteiger partial charge on any atom is -0.458 e. The van der Waals surface area contributed by atoms with E-state index in [0.717, 1.165) is 49.8 Å². The Bertz CT molecular complexity index is 3820. The van der Waals surface area contributed by atoms with Crippen molar-refractivity contribution in [1.82, 2.24) is 14.1 Å². The van der Waals surface area contributed by atoms with Crippen LogP contribution in [0.2, 0.25) is 0 Å². The monoisotopic (exact) mass is 871 g/mol. The average molecular weight is 871 g/mol. The lowest BCUT2D eigenvalue weighted by Gasteiger charge is -2.29. The number of imidazole rings is 1. The first-order valence-corrected chi connectivity index (χ1v) is 22.5. The molecule has 3 heterocycles. The summed E-state index contributed by atoms with van der Waals surface area (Å²) in [5.74, 6) is 1.38. The number of para-hydroxylation sites is 4. The molecule has 0 saturated heterocycles. The fourth-order valence-electron chi connectivity index (χ4n) is 8.92. The van der Waals surface area contributed by atoms with Crippen molar-refractivity contribution in [3.8, 4) is 50.9 Å². The normalized spacial score (nSPS) is 14.3. The third-order valence-corrected chi connectivity index (χ3v) is 12.5. The van der Waals surface area contributed by atoms with Gasteiger partial charge in [0.25, 0.3) is 6.33 Å². The van der Waals surface area contributed by atoms with Gasteiger partial charge >= 0.3 is 0 Å². The number of aryl methyl sites for hydroxylation is 1. The van der Waals surface area contributed by atoms with Gasteiger partial charge in [-0.2, -0.15) is 0 Å². The van der Waals surface area contributed by atoms with Crippen molar-refractivity contribution in [2.24, 2.45) is 0 Å². The maximum Gasteiger partial charge on any atom is 0.269 e. The summed E-state index contributed by atoms with van der Waals surface area (Å²) >= 11 is 0. The summed E-state index contributed by atoms with van der Waals surface area (Å²) in [5.41, 5.74) is 10.5. The number of rotatable bonds is 7. The molecule has 328 valence electrons. The molecule has 0 aliphatic rings. The van der Waals surface area contributed by atoms with Crippen LogP contribution < -0.4 is 9.30 Å². The van der Waals surface area contributed by atoms with Gasteiger partial charge in [0.2, 0.25) is 0 Å². The van der Waals surface area contributed by atoms with E-state index in [9.17, 15) is 0 Å². The van der Waals surface area contributed by atoms with Gasteiger partial charge in [0, 0.05) is 32.7 Å². The van der Waals surface area contributed by atoms with Crippen LogP contribution in [0.3, 0.4) is 0 Å². The highest BCUT2D eigenvalue weighted by molar-refractivity contribution is 6.09. The average Bonchev–Trinajstić information content (AvgIpc) is 3.90. The highest BCUT2D eigenvalue weighted by atomic mass is 16.5. The Balaban J connectivity index is 1.09. The number of fused-ring (bicyclic) bond motifs is 4. The second kappa shape index (κ2) is 16.0. The van der Waals surface area contributed by atoms with Crippen LogP contribution in [0, 0.1) is 13.2 Å². The van der Waals surface area contributed by atoms with E-state index in [1.54, 1.807) is 0 Å². The summed E-state index contributed by atoms with van der Waals surface area (Å²) < 4.78 is 80.6. The zero-order valence-electron chi connectivity index (χ0n) is 47.0. The van der Waals surface area contributed by atoms with Gasteiger partial charge in [0.1, 0.15) is 17.3 Å². The Morgan fingerprint density at radius 3 is 2.00 bits per heavy atom. The van der Waals surface area contributed by atoms with Crippen LogP contribution in [0.4, 0.5) is 0 Å². The standard InChI is InChI=1S/C61H58N4O/c1-40-32-57(62-38-51(40)41-20-12-11-13-21-41)65-53-27-15-14-24-49(53)50-31-30-47(37-56(50)65)66-46-23-18-22-45(36-46)63-39-64(55-29-17-16-28-54(55)63)58-48(25-19-26-52(58)61(8,9)10)42-33-43(59(2,3)4)35-44(34-42)60(5,6)7/h11-38H,1-10H3/i1D3,11D,12D,13D,20D,21D. The molecule has 0 atom stereocenters. The minimum atomic E-state index is -2.73. The molecule has 0 radical (unpaired) electrons. The maximum atomic E-state index is 8.63. The molecule has 0 spiro atoms. The quantitative estimate of drug-likeness (QED) is 0.118. The fraction of sp³-hybridized carbons (Fsp3) is 0.213. The molecule has 0 aliphatic heterocycles. The van der Waals surface area contributed by atoms with Gasteiger partial charge in [-0.05, 0) is 105 Å². The summed E-state index contributed by atoms with van der Waals surface area (Å²) in [4.78, 5) is 4.74. The molecule has 0 saturated carbocycles. The number of benzene rings is 7. The molecule has 5 heteroatoms. The van der Waals surface area contributed by atoms with E-state index >= 15 is 0 Å². The van der Waals surface area contributed by atoms with Crippen LogP contribution in [0.1, 0.15) is 95.5 Å². The van der Waals surface area contributed by atoms with E-state index in [0.29, 0.717) is 17.0 Å². The topological polar surface area (TPSA) is 35.9 Å². The van der Waals surface area contributed by atoms with Crippen molar-refractivity contribution in [3.63, 3.8) is 0 Å². The van der Waals surface area contributed by atoms with E-state index in [1.807, 2.05) is 77.4 Å². The Morgan fingerprint density at radius 1 is 0.591 bits per heavy atom. The molecule has 7 aromatic carbocycles. The predicted octanol–water partition coefficient (Wildman–Crippen LogP) is 15.5. The van der Waals surface area contributed by atoms with Gasteiger partial charge in [-0.25, -0.2) is 4.98 Å². The van der Waals surface area contributed by atoms with Crippen molar-refractivity contribution >= 4 is 32.8 Å². The van der Waals surface area contributed by atoms with Crippen LogP contribution in [0.5, 0.6) is 11.5 Å².